The van der Waals surface area contributed by atoms with Crippen LogP contribution in [-0.4, -0.2) is 53.7 Å². The number of hydrogen-bond donors (Lipinski definition) is 1. The maximum absolute atomic E-state index is 13.1. The molecule has 0 spiro atoms. The van der Waals surface area contributed by atoms with Gasteiger partial charge in [-0.05, 0) is 64.3 Å². The van der Waals surface area contributed by atoms with E-state index in [1.54, 1.807) is 12.5 Å². The fraction of sp³-hybridized carbons (Fsp3) is 0.500. The summed E-state index contributed by atoms with van der Waals surface area (Å²) in [6.07, 6.45) is 2.36. The monoisotopic (exact) mass is 431 g/mol. The molecule has 0 aliphatic carbocycles. The number of hydrogen-bond acceptors (Lipinski definition) is 6. The Labute approximate surface area is 181 Å². The number of benzene rings is 1. The van der Waals surface area contributed by atoms with Crippen molar-refractivity contribution in [1.29, 1.82) is 0 Å². The molecular formula is C22H29N3O4S. The Morgan fingerprint density at radius 3 is 2.63 bits per heavy atom. The number of aromatic nitrogens is 1. The molecule has 162 valence electrons. The lowest BCUT2D eigenvalue weighted by Crippen LogP contribution is -2.50. The Morgan fingerprint density at radius 2 is 1.97 bits per heavy atom. The fourth-order valence-electron chi connectivity index (χ4n) is 3.38. The highest BCUT2D eigenvalue weighted by atomic mass is 32.1. The second-order valence-electron chi connectivity index (χ2n) is 8.30. The van der Waals surface area contributed by atoms with Crippen molar-refractivity contribution in [2.75, 3.05) is 20.2 Å². The van der Waals surface area contributed by atoms with E-state index >= 15 is 0 Å². The van der Waals surface area contributed by atoms with Crippen molar-refractivity contribution in [1.82, 2.24) is 15.2 Å². The van der Waals surface area contributed by atoms with Gasteiger partial charge in [0.15, 0.2) is 0 Å². The highest BCUT2D eigenvalue weighted by Crippen LogP contribution is 2.27. The van der Waals surface area contributed by atoms with E-state index in [9.17, 15) is 9.59 Å². The van der Waals surface area contributed by atoms with E-state index in [2.05, 4.69) is 10.3 Å². The van der Waals surface area contributed by atoms with Crippen molar-refractivity contribution in [2.45, 2.75) is 51.7 Å². The highest BCUT2D eigenvalue weighted by molar-refractivity contribution is 7.13. The first-order valence-corrected chi connectivity index (χ1v) is 11.0. The molecule has 8 heteroatoms. The Hall–Kier alpha value is -2.61. The van der Waals surface area contributed by atoms with Gasteiger partial charge in [-0.2, -0.15) is 0 Å². The van der Waals surface area contributed by atoms with Crippen molar-refractivity contribution in [2.24, 2.45) is 0 Å². The van der Waals surface area contributed by atoms with Gasteiger partial charge in [0.05, 0.1) is 7.11 Å². The summed E-state index contributed by atoms with van der Waals surface area (Å²) in [6, 6.07) is 7.55. The minimum Gasteiger partial charge on any atom is -0.497 e. The van der Waals surface area contributed by atoms with Gasteiger partial charge in [-0.15, -0.1) is 11.3 Å². The zero-order chi connectivity index (χ0) is 21.7. The molecule has 2 aromatic rings. The number of nitrogens with one attached hydrogen (secondary N) is 1. The molecule has 0 bridgehead atoms. The summed E-state index contributed by atoms with van der Waals surface area (Å²) in [5.74, 6) is 0.682. The first-order valence-electron chi connectivity index (χ1n) is 10.1. The van der Waals surface area contributed by atoms with Gasteiger partial charge in [-0.3, -0.25) is 4.79 Å². The van der Waals surface area contributed by atoms with Gasteiger partial charge < -0.3 is 19.7 Å². The molecule has 3 rings (SSSR count). The molecule has 1 N–H and O–H groups in total. The van der Waals surface area contributed by atoms with Gasteiger partial charge >= 0.3 is 6.09 Å². The van der Waals surface area contributed by atoms with E-state index in [1.807, 2.05) is 49.9 Å². The lowest BCUT2D eigenvalue weighted by Gasteiger charge is -2.35. The molecule has 1 fully saturated rings. The molecule has 1 aromatic heterocycles. The van der Waals surface area contributed by atoms with Crippen LogP contribution in [0.5, 0.6) is 5.75 Å². The average molecular weight is 432 g/mol. The van der Waals surface area contributed by atoms with Gasteiger partial charge in [-0.25, -0.2) is 9.78 Å². The van der Waals surface area contributed by atoms with E-state index in [0.29, 0.717) is 18.8 Å². The molecule has 1 atom stereocenters. The second kappa shape index (κ2) is 9.47. The number of ether oxygens (including phenoxy) is 2. The molecule has 1 unspecified atom stereocenters. The van der Waals surface area contributed by atoms with Crippen LogP contribution in [-0.2, 0) is 4.74 Å². The van der Waals surface area contributed by atoms with Gasteiger partial charge in [0, 0.05) is 30.1 Å². The van der Waals surface area contributed by atoms with E-state index in [-0.39, 0.29) is 11.9 Å². The molecule has 0 saturated carbocycles. The second-order valence-corrected chi connectivity index (χ2v) is 9.16. The Balaban J connectivity index is 1.66. The molecule has 0 radical (unpaired) electrons. The molecule has 7 nitrogen and oxygen atoms in total. The number of carbonyl (C=O) groups excluding carboxylic acids is 2. The molecule has 1 aliphatic heterocycles. The van der Waals surface area contributed by atoms with Crippen LogP contribution >= 0.6 is 11.3 Å². The minimum atomic E-state index is -0.551. The Kier molecular flexibility index (Phi) is 6.97. The number of nitrogens with zero attached hydrogens (tertiary/aromatic N) is 2. The van der Waals surface area contributed by atoms with Gasteiger partial charge in [-0.1, -0.05) is 0 Å². The Bertz CT molecular complexity index is 873. The van der Waals surface area contributed by atoms with Gasteiger partial charge in [0.1, 0.15) is 22.1 Å². The summed E-state index contributed by atoms with van der Waals surface area (Å²) >= 11 is 1.45. The lowest BCUT2D eigenvalue weighted by atomic mass is 10.0. The maximum Gasteiger partial charge on any atom is 0.407 e. The number of likely N-dealkylation sites (tertiary alicyclic amines) is 1. The predicted octanol–water partition coefficient (Wildman–Crippen LogP) is 4.34. The van der Waals surface area contributed by atoms with Crippen LogP contribution in [0.3, 0.4) is 0 Å². The number of methoxy groups -OCH3 is 1. The van der Waals surface area contributed by atoms with Crippen molar-refractivity contribution in [3.05, 3.63) is 35.3 Å². The van der Waals surface area contributed by atoms with Gasteiger partial charge in [0.2, 0.25) is 0 Å². The summed E-state index contributed by atoms with van der Waals surface area (Å²) < 4.78 is 10.5. The van der Waals surface area contributed by atoms with Crippen LogP contribution in [0, 0.1) is 0 Å². The number of alkyl carbamates (subject to hydrolysis) is 1. The minimum absolute atomic E-state index is 0.0649. The van der Waals surface area contributed by atoms with Crippen molar-refractivity contribution >= 4 is 23.3 Å². The van der Waals surface area contributed by atoms with Gasteiger partial charge in [0.25, 0.3) is 5.91 Å². The molecule has 30 heavy (non-hydrogen) atoms. The van der Waals surface area contributed by atoms with Crippen molar-refractivity contribution in [3.63, 3.8) is 0 Å². The van der Waals surface area contributed by atoms with E-state index in [4.69, 9.17) is 9.47 Å². The summed E-state index contributed by atoms with van der Waals surface area (Å²) in [5.41, 5.74) is 0.835. The molecule has 1 saturated heterocycles. The van der Waals surface area contributed by atoms with Crippen molar-refractivity contribution in [3.8, 4) is 16.3 Å². The summed E-state index contributed by atoms with van der Waals surface area (Å²) in [7, 11) is 1.63. The third-order valence-electron chi connectivity index (χ3n) is 4.83. The number of rotatable bonds is 5. The smallest absolute Gasteiger partial charge is 0.407 e. The van der Waals surface area contributed by atoms with E-state index in [1.165, 1.54) is 11.3 Å². The molecule has 1 aromatic carbocycles. The van der Waals surface area contributed by atoms with Crippen LogP contribution < -0.4 is 10.1 Å². The number of piperidine rings is 1. The first kappa shape index (κ1) is 22.1. The third-order valence-corrected chi connectivity index (χ3v) is 5.72. The van der Waals surface area contributed by atoms with Crippen LogP contribution in [0.4, 0.5) is 4.79 Å². The largest absolute Gasteiger partial charge is 0.497 e. The summed E-state index contributed by atoms with van der Waals surface area (Å²) in [4.78, 5) is 31.5. The van der Waals surface area contributed by atoms with E-state index < -0.39 is 11.7 Å². The topological polar surface area (TPSA) is 80.8 Å². The number of thiazole rings is 1. The van der Waals surface area contributed by atoms with E-state index in [0.717, 1.165) is 35.6 Å². The van der Waals surface area contributed by atoms with Crippen LogP contribution in [0.15, 0.2) is 29.6 Å². The fourth-order valence-corrected chi connectivity index (χ4v) is 4.18. The molecule has 2 amide bonds. The quantitative estimate of drug-likeness (QED) is 0.762. The third kappa shape index (κ3) is 5.72. The zero-order valence-corrected chi connectivity index (χ0v) is 18.8. The predicted molar refractivity (Wildman–Crippen MR) is 117 cm³/mol. The average Bonchev–Trinajstić information content (AvgIpc) is 3.21. The Morgan fingerprint density at radius 1 is 1.23 bits per heavy atom. The molecule has 2 heterocycles. The van der Waals surface area contributed by atoms with Crippen molar-refractivity contribution < 1.29 is 19.1 Å². The molecule has 1 aliphatic rings. The normalized spacial score (nSPS) is 16.8. The lowest BCUT2D eigenvalue weighted by molar-refractivity contribution is 0.0461. The van der Waals surface area contributed by atoms with Crippen LogP contribution in [0.25, 0.3) is 10.6 Å². The maximum atomic E-state index is 13.1. The summed E-state index contributed by atoms with van der Waals surface area (Å²) in [5, 5.41) is 5.40. The molecular weight excluding hydrogens is 402 g/mol. The van der Waals surface area contributed by atoms with Crippen LogP contribution in [0.1, 0.15) is 50.5 Å². The number of carbonyl (C=O) groups is 2. The first-order chi connectivity index (χ1) is 14.3. The standard InChI is InChI=1S/C22H29N3O4S/c1-22(2,3)29-21(27)23-13-16-7-5-6-12-25(16)20(26)18-14-30-19(24-18)15-8-10-17(28-4)11-9-15/h8-11,14,16H,5-7,12-13H2,1-4H3,(H,23,27). The summed E-state index contributed by atoms with van der Waals surface area (Å²) in [6.45, 7) is 6.51. The highest BCUT2D eigenvalue weighted by Gasteiger charge is 2.29. The van der Waals surface area contributed by atoms with Crippen LogP contribution in [0.2, 0.25) is 0 Å². The SMILES string of the molecule is COc1ccc(-c2nc(C(=O)N3CCCCC3CNC(=O)OC(C)(C)C)cs2)cc1. The number of amides is 2. The zero-order valence-electron chi connectivity index (χ0n) is 17.9.